The molecule has 0 bridgehead atoms. The summed E-state index contributed by atoms with van der Waals surface area (Å²) < 4.78 is 4.52. The standard InChI is InChI=1S/C4H2N2O/c1-5-4-2-6-3-7-4/h2-3H. The Morgan fingerprint density at radius 2 is 2.71 bits per heavy atom. The lowest BCUT2D eigenvalue weighted by molar-refractivity contribution is 0.581. The van der Waals surface area contributed by atoms with Crippen molar-refractivity contribution in [2.45, 2.75) is 0 Å². The second kappa shape index (κ2) is 1.43. The highest BCUT2D eigenvalue weighted by Gasteiger charge is 1.86. The van der Waals surface area contributed by atoms with E-state index in [1.807, 2.05) is 0 Å². The van der Waals surface area contributed by atoms with E-state index >= 15 is 0 Å². The number of hydrogen-bond acceptors (Lipinski definition) is 2. The molecule has 1 rings (SSSR count). The normalized spacial score (nSPS) is 7.86. The van der Waals surface area contributed by atoms with E-state index in [-0.39, 0.29) is 5.88 Å². The summed E-state index contributed by atoms with van der Waals surface area (Å²) in [5.41, 5.74) is 0. The van der Waals surface area contributed by atoms with Crippen LogP contribution in [0.1, 0.15) is 0 Å². The van der Waals surface area contributed by atoms with E-state index < -0.39 is 0 Å². The van der Waals surface area contributed by atoms with Gasteiger partial charge in [-0.2, -0.15) is 4.85 Å². The molecule has 0 N–H and O–H groups in total. The smallest absolute Gasteiger partial charge is 0.364 e. The molecule has 0 spiro atoms. The molecule has 0 aliphatic rings. The Kier molecular flexibility index (Phi) is 0.794. The molecule has 0 saturated heterocycles. The van der Waals surface area contributed by atoms with Gasteiger partial charge in [0, 0.05) is 0 Å². The summed E-state index contributed by atoms with van der Waals surface area (Å²) in [6, 6.07) is 0. The van der Waals surface area contributed by atoms with Crippen molar-refractivity contribution in [3.05, 3.63) is 24.0 Å². The Morgan fingerprint density at radius 3 is 3.00 bits per heavy atom. The van der Waals surface area contributed by atoms with E-state index in [0.29, 0.717) is 0 Å². The first-order chi connectivity index (χ1) is 3.43. The van der Waals surface area contributed by atoms with Crippen molar-refractivity contribution in [3.8, 4) is 0 Å². The molecular weight excluding hydrogens is 92.1 g/mol. The minimum absolute atomic E-state index is 0.236. The van der Waals surface area contributed by atoms with Crippen LogP contribution in [-0.4, -0.2) is 4.98 Å². The molecule has 0 aliphatic carbocycles. The third-order valence-corrected chi connectivity index (χ3v) is 0.529. The summed E-state index contributed by atoms with van der Waals surface area (Å²) in [5, 5.41) is 0. The van der Waals surface area contributed by atoms with Gasteiger partial charge in [-0.05, 0) is 0 Å². The number of hydrogen-bond donors (Lipinski definition) is 0. The zero-order chi connectivity index (χ0) is 5.11. The summed E-state index contributed by atoms with van der Waals surface area (Å²) in [6.07, 6.45) is 2.60. The van der Waals surface area contributed by atoms with Gasteiger partial charge in [0.25, 0.3) is 0 Å². The van der Waals surface area contributed by atoms with Gasteiger partial charge in [-0.1, -0.05) is 0 Å². The minimum atomic E-state index is 0.236. The Labute approximate surface area is 40.4 Å². The SMILES string of the molecule is [C-]#[N+]c1cnco1. The zero-order valence-electron chi connectivity index (χ0n) is 3.46. The van der Waals surface area contributed by atoms with E-state index in [2.05, 4.69) is 14.2 Å². The van der Waals surface area contributed by atoms with Crippen molar-refractivity contribution in [1.82, 2.24) is 4.98 Å². The lowest BCUT2D eigenvalue weighted by Crippen LogP contribution is -1.41. The highest BCUT2D eigenvalue weighted by molar-refractivity contribution is 5.25. The molecule has 0 aliphatic heterocycles. The molecule has 0 unspecified atom stereocenters. The highest BCUT2D eigenvalue weighted by Crippen LogP contribution is 2.06. The van der Waals surface area contributed by atoms with E-state index in [1.165, 1.54) is 12.6 Å². The van der Waals surface area contributed by atoms with Crippen LogP contribution in [0, 0.1) is 6.57 Å². The molecule has 3 heteroatoms. The fraction of sp³-hybridized carbons (Fsp3) is 0. The van der Waals surface area contributed by atoms with Crippen LogP contribution in [0.5, 0.6) is 0 Å². The summed E-state index contributed by atoms with van der Waals surface area (Å²) in [6.45, 7) is 6.35. The van der Waals surface area contributed by atoms with Crippen LogP contribution in [-0.2, 0) is 0 Å². The van der Waals surface area contributed by atoms with Crippen molar-refractivity contribution < 1.29 is 4.42 Å². The summed E-state index contributed by atoms with van der Waals surface area (Å²) in [5.74, 6) is 0.236. The molecular formula is C4H2N2O. The van der Waals surface area contributed by atoms with Crippen LogP contribution in [0.25, 0.3) is 4.85 Å². The van der Waals surface area contributed by atoms with Crippen LogP contribution < -0.4 is 0 Å². The molecule has 1 heterocycles. The van der Waals surface area contributed by atoms with Crippen LogP contribution in [0.3, 0.4) is 0 Å². The first-order valence-electron chi connectivity index (χ1n) is 1.69. The highest BCUT2D eigenvalue weighted by atomic mass is 16.3. The van der Waals surface area contributed by atoms with Crippen LogP contribution in [0.15, 0.2) is 17.0 Å². The molecule has 3 nitrogen and oxygen atoms in total. The van der Waals surface area contributed by atoms with E-state index in [0.717, 1.165) is 0 Å². The summed E-state index contributed by atoms with van der Waals surface area (Å²) in [4.78, 5) is 6.46. The molecule has 0 atom stereocenters. The van der Waals surface area contributed by atoms with Crippen molar-refractivity contribution in [3.63, 3.8) is 0 Å². The van der Waals surface area contributed by atoms with Gasteiger partial charge in [-0.15, -0.1) is 0 Å². The molecule has 0 saturated carbocycles. The van der Waals surface area contributed by atoms with Gasteiger partial charge in [-0.3, -0.25) is 0 Å². The zero-order valence-corrected chi connectivity index (χ0v) is 3.46. The predicted molar refractivity (Wildman–Crippen MR) is 22.8 cm³/mol. The van der Waals surface area contributed by atoms with Crippen molar-refractivity contribution in [1.29, 1.82) is 0 Å². The number of aromatic nitrogens is 1. The van der Waals surface area contributed by atoms with Gasteiger partial charge >= 0.3 is 5.88 Å². The number of rotatable bonds is 0. The molecule has 0 radical (unpaired) electrons. The minimum Gasteiger partial charge on any atom is -0.469 e. The van der Waals surface area contributed by atoms with Gasteiger partial charge in [0.15, 0.2) is 6.39 Å². The lowest BCUT2D eigenvalue weighted by Gasteiger charge is -1.64. The second-order valence-electron chi connectivity index (χ2n) is 0.951. The number of nitrogens with zero attached hydrogens (tertiary/aromatic N) is 2. The molecule has 7 heavy (non-hydrogen) atoms. The molecule has 1 aromatic heterocycles. The quantitative estimate of drug-likeness (QED) is 0.452. The van der Waals surface area contributed by atoms with Crippen LogP contribution in [0.4, 0.5) is 5.88 Å². The Morgan fingerprint density at radius 1 is 1.86 bits per heavy atom. The Balaban J connectivity index is 3.04. The van der Waals surface area contributed by atoms with Gasteiger partial charge in [0.1, 0.15) is 0 Å². The Bertz CT molecular complexity index is 172. The molecule has 0 fully saturated rings. The molecule has 0 aromatic carbocycles. The molecule has 34 valence electrons. The van der Waals surface area contributed by atoms with Crippen LogP contribution in [0.2, 0.25) is 0 Å². The maximum atomic E-state index is 6.35. The summed E-state index contributed by atoms with van der Waals surface area (Å²) in [7, 11) is 0. The predicted octanol–water partition coefficient (Wildman–Crippen LogP) is 1.23. The van der Waals surface area contributed by atoms with Gasteiger partial charge in [0.05, 0.1) is 12.8 Å². The van der Waals surface area contributed by atoms with Gasteiger partial charge < -0.3 is 4.42 Å². The average Bonchev–Trinajstić information content (AvgIpc) is 2.14. The maximum absolute atomic E-state index is 6.35. The third kappa shape index (κ3) is 0.578. The van der Waals surface area contributed by atoms with Crippen molar-refractivity contribution in [2.24, 2.45) is 0 Å². The van der Waals surface area contributed by atoms with Crippen molar-refractivity contribution in [2.75, 3.05) is 0 Å². The first kappa shape index (κ1) is 3.88. The molecule has 1 aromatic rings. The van der Waals surface area contributed by atoms with E-state index in [9.17, 15) is 0 Å². The third-order valence-electron chi connectivity index (χ3n) is 0.529. The van der Waals surface area contributed by atoms with E-state index in [1.54, 1.807) is 0 Å². The molecule has 0 amide bonds. The van der Waals surface area contributed by atoms with E-state index in [4.69, 9.17) is 6.57 Å². The Hall–Kier alpha value is -1.30. The second-order valence-corrected chi connectivity index (χ2v) is 0.951. The lowest BCUT2D eigenvalue weighted by atomic mass is 10.8. The van der Waals surface area contributed by atoms with Crippen molar-refractivity contribution >= 4 is 5.88 Å². The first-order valence-corrected chi connectivity index (χ1v) is 1.69. The number of oxazole rings is 1. The van der Waals surface area contributed by atoms with Crippen LogP contribution >= 0.6 is 0 Å². The van der Waals surface area contributed by atoms with Gasteiger partial charge in [-0.25, -0.2) is 4.98 Å². The average molecular weight is 94.1 g/mol. The van der Waals surface area contributed by atoms with Gasteiger partial charge in [0.2, 0.25) is 0 Å². The fourth-order valence-corrected chi connectivity index (χ4v) is 0.264. The fourth-order valence-electron chi connectivity index (χ4n) is 0.264. The topological polar surface area (TPSA) is 30.4 Å². The monoisotopic (exact) mass is 94.0 g/mol. The maximum Gasteiger partial charge on any atom is 0.364 e. The summed E-state index contributed by atoms with van der Waals surface area (Å²) >= 11 is 0. The largest absolute Gasteiger partial charge is 0.469 e.